The Balaban J connectivity index is 2.89. The molecule has 1 aliphatic rings. The summed E-state index contributed by atoms with van der Waals surface area (Å²) >= 11 is 0.321. The summed E-state index contributed by atoms with van der Waals surface area (Å²) in [7, 11) is -1.46. The van der Waals surface area contributed by atoms with Crippen LogP contribution in [0.5, 0.6) is 0 Å². The second-order valence-electron chi connectivity index (χ2n) is 5.45. The van der Waals surface area contributed by atoms with Crippen LogP contribution in [0.1, 0.15) is 90.4 Å². The summed E-state index contributed by atoms with van der Waals surface area (Å²) in [5.41, 5.74) is -2.89. The van der Waals surface area contributed by atoms with Crippen molar-refractivity contribution in [2.24, 2.45) is 0 Å². The first-order valence-corrected chi connectivity index (χ1v) is 6.84. The Labute approximate surface area is 146 Å². The Morgan fingerprint density at radius 1 is 1.35 bits per heavy atom. The van der Waals surface area contributed by atoms with E-state index in [-0.39, 0.29) is 4.78 Å². The first kappa shape index (κ1) is 5.67. The molecule has 1 aliphatic heterocycles. The van der Waals surface area contributed by atoms with Crippen LogP contribution < -0.4 is 4.78 Å². The molecule has 2 heterocycles. The van der Waals surface area contributed by atoms with Crippen LogP contribution >= 0.6 is 11.3 Å². The Bertz CT molecular complexity index is 903. The van der Waals surface area contributed by atoms with Crippen molar-refractivity contribution < 1.29 is 28.5 Å². The maximum absolute atomic E-state index is 8.54. The summed E-state index contributed by atoms with van der Waals surface area (Å²) in [4.78, 5) is 3.79. The van der Waals surface area contributed by atoms with Crippen LogP contribution in [0.4, 0.5) is 0 Å². The number of hydrogen-bond acceptors (Lipinski definition) is 4. The monoisotopic (exact) mass is 309 g/mol. The molecule has 1 saturated heterocycles. The minimum absolute atomic E-state index is 0.321. The summed E-state index contributed by atoms with van der Waals surface area (Å²) < 4.78 is 121. The minimum Gasteiger partial charge on any atom is -0.399 e. The fraction of sp³-hybridized carbons (Fsp3) is 0.800. The lowest BCUT2D eigenvalue weighted by Gasteiger charge is -2.32. The number of aromatic nitrogens is 1. The van der Waals surface area contributed by atoms with Gasteiger partial charge >= 0.3 is 7.12 Å². The summed E-state index contributed by atoms with van der Waals surface area (Å²) in [5.74, 6) is -3.38. The van der Waals surface area contributed by atoms with Crippen LogP contribution in [0.3, 0.4) is 0 Å². The quantitative estimate of drug-likeness (QED) is 0.798. The maximum Gasteiger partial charge on any atom is 0.507 e. The molecule has 0 N–H and O–H groups in total. The lowest BCUT2D eigenvalue weighted by Crippen LogP contribution is -2.41. The molecule has 0 radical (unpaired) electrons. The smallest absolute Gasteiger partial charge is 0.399 e. The van der Waals surface area contributed by atoms with Gasteiger partial charge in [-0.3, -0.25) is 0 Å². The largest absolute Gasteiger partial charge is 0.507 e. The Morgan fingerprint density at radius 3 is 2.55 bits per heavy atom. The summed E-state index contributed by atoms with van der Waals surface area (Å²) in [6.07, 6.45) is -6.81. The number of nitrogens with zero attached hydrogens (tertiary/aromatic N) is 1. The van der Waals surface area contributed by atoms with E-state index in [1.165, 1.54) is 0 Å². The normalized spacial score (nSPS) is 35.1. The molecule has 1 fully saturated rings. The molecule has 1 aromatic heterocycles. The average molecular weight is 309 g/mol. The average Bonchev–Trinajstić information content (AvgIpc) is 3.10. The van der Waals surface area contributed by atoms with Gasteiger partial charge in [-0.1, -0.05) is 20.6 Å². The lowest BCUT2D eigenvalue weighted by atomic mass is 9.84. The summed E-state index contributed by atoms with van der Waals surface area (Å²) in [6.45, 7) is -3.80. The van der Waals surface area contributed by atoms with Crippen LogP contribution in [0, 0.1) is 0 Å². The molecule has 0 unspecified atom stereocenters. The maximum atomic E-state index is 8.54. The highest BCUT2D eigenvalue weighted by Crippen LogP contribution is 2.37. The van der Waals surface area contributed by atoms with Gasteiger partial charge in [0.2, 0.25) is 0 Å². The van der Waals surface area contributed by atoms with Crippen molar-refractivity contribution in [2.45, 2.75) is 78.1 Å². The highest BCUT2D eigenvalue weighted by molar-refractivity contribution is 7.22. The number of hydrogen-bond donors (Lipinski definition) is 0. The third-order valence-electron chi connectivity index (χ3n) is 3.53. The van der Waals surface area contributed by atoms with E-state index >= 15 is 0 Å². The molecule has 3 nitrogen and oxygen atoms in total. The predicted molar refractivity (Wildman–Crippen MR) is 85.9 cm³/mol. The van der Waals surface area contributed by atoms with Crippen molar-refractivity contribution in [3.8, 4) is 0 Å². The number of rotatable bonds is 4. The van der Waals surface area contributed by atoms with Crippen LogP contribution in [0.25, 0.3) is 0 Å². The van der Waals surface area contributed by atoms with Crippen molar-refractivity contribution in [3.05, 3.63) is 10.7 Å². The van der Waals surface area contributed by atoms with Crippen LogP contribution in [-0.4, -0.2) is 23.3 Å². The molecule has 5 heteroatoms. The third-order valence-corrected chi connectivity index (χ3v) is 4.52. The fourth-order valence-corrected chi connectivity index (χ4v) is 2.61. The van der Waals surface area contributed by atoms with Gasteiger partial charge in [0.15, 0.2) is 0 Å². The molecule has 20 heavy (non-hydrogen) atoms. The summed E-state index contributed by atoms with van der Waals surface area (Å²) in [6, 6.07) is 0. The Hall–Kier alpha value is -0.385. The van der Waals surface area contributed by atoms with E-state index in [9.17, 15) is 0 Å². The standard InChI is InChI=1S/C15H26BNO2S/c1-8-9-11-17-12(10(2)3)13(20-11)16-18-14(4,5)15(6,7)19-16/h10H,8-9H2,1-7H3/i1D3,2D3,3D3,8D2,9D2,10D. The van der Waals surface area contributed by atoms with Gasteiger partial charge in [0.25, 0.3) is 0 Å². The van der Waals surface area contributed by atoms with Gasteiger partial charge in [-0.05, 0) is 46.3 Å². The van der Waals surface area contributed by atoms with Crippen LogP contribution in [0.15, 0.2) is 0 Å². The molecular formula is C15H26BNO2S. The second kappa shape index (κ2) is 5.43. The van der Waals surface area contributed by atoms with Crippen LogP contribution in [-0.2, 0) is 15.7 Å². The zero-order valence-electron chi connectivity index (χ0n) is 25.7. The molecule has 0 spiro atoms. The molecule has 0 saturated carbocycles. The van der Waals surface area contributed by atoms with E-state index in [0.29, 0.717) is 11.3 Å². The van der Waals surface area contributed by atoms with E-state index in [4.69, 9.17) is 28.5 Å². The SMILES string of the molecule is [2H]C([2H])([2H])C([2H])([2H])C([2H])([2H])c1nc(C([2H])(C([2H])([2H])[2H])C([2H])([2H])[2H])c(B2OC(C)(C)C(C)(C)O2)s1. The zero-order chi connectivity index (χ0) is 27.1. The van der Waals surface area contributed by atoms with Gasteiger partial charge < -0.3 is 9.31 Å². The van der Waals surface area contributed by atoms with Crippen molar-refractivity contribution in [2.75, 3.05) is 0 Å². The number of aryl methyl sites for hydroxylation is 1. The second-order valence-corrected chi connectivity index (χ2v) is 6.48. The minimum atomic E-state index is -3.49. The van der Waals surface area contributed by atoms with Crippen LogP contribution in [0.2, 0.25) is 0 Å². The van der Waals surface area contributed by atoms with E-state index in [1.807, 2.05) is 0 Å². The molecule has 2 rings (SSSR count). The molecule has 0 bridgehead atoms. The summed E-state index contributed by atoms with van der Waals surface area (Å²) in [5, 5.41) is -0.849. The Kier molecular flexibility index (Phi) is 1.54. The molecular weight excluding hydrogens is 269 g/mol. The molecule has 1 aromatic rings. The van der Waals surface area contributed by atoms with Gasteiger partial charge in [-0.15, -0.1) is 11.3 Å². The first-order chi connectivity index (χ1) is 14.7. The Morgan fingerprint density at radius 2 is 2.00 bits per heavy atom. The van der Waals surface area contributed by atoms with E-state index < -0.39 is 68.2 Å². The van der Waals surface area contributed by atoms with Crippen molar-refractivity contribution in [3.63, 3.8) is 0 Å². The molecule has 0 amide bonds. The highest BCUT2D eigenvalue weighted by atomic mass is 32.1. The van der Waals surface area contributed by atoms with Crippen molar-refractivity contribution in [1.82, 2.24) is 4.98 Å². The lowest BCUT2D eigenvalue weighted by molar-refractivity contribution is 0.00578. The van der Waals surface area contributed by atoms with Crippen molar-refractivity contribution in [1.29, 1.82) is 0 Å². The zero-order valence-corrected chi connectivity index (χ0v) is 12.6. The molecule has 112 valence electrons. The molecule has 0 aromatic carbocycles. The van der Waals surface area contributed by atoms with E-state index in [0.717, 1.165) is 0 Å². The first-order valence-electron chi connectivity index (χ1n) is 13.0. The van der Waals surface area contributed by atoms with Gasteiger partial charge in [0.05, 0.1) is 26.7 Å². The fourth-order valence-electron chi connectivity index (χ4n) is 1.73. The molecule has 0 atom stereocenters. The number of thiazole rings is 1. The predicted octanol–water partition coefficient (Wildman–Crippen LogP) is 3.52. The topological polar surface area (TPSA) is 31.4 Å². The third kappa shape index (κ3) is 2.81. The van der Waals surface area contributed by atoms with Gasteiger partial charge in [0, 0.05) is 19.2 Å². The van der Waals surface area contributed by atoms with E-state index in [1.54, 1.807) is 27.7 Å². The highest BCUT2D eigenvalue weighted by Gasteiger charge is 2.53. The van der Waals surface area contributed by atoms with Gasteiger partial charge in [-0.2, -0.15) is 0 Å². The van der Waals surface area contributed by atoms with E-state index in [2.05, 4.69) is 4.98 Å². The molecule has 0 aliphatic carbocycles. The van der Waals surface area contributed by atoms with Gasteiger partial charge in [0.1, 0.15) is 0 Å². The van der Waals surface area contributed by atoms with Gasteiger partial charge in [-0.25, -0.2) is 4.98 Å². The van der Waals surface area contributed by atoms with Crippen molar-refractivity contribution >= 4 is 23.2 Å².